The highest BCUT2D eigenvalue weighted by atomic mass is 16.6. The van der Waals surface area contributed by atoms with Gasteiger partial charge >= 0.3 is 0 Å². The van der Waals surface area contributed by atoms with E-state index in [2.05, 4.69) is 12.2 Å². The summed E-state index contributed by atoms with van der Waals surface area (Å²) in [5.41, 5.74) is 2.05. The van der Waals surface area contributed by atoms with Crippen molar-refractivity contribution in [2.45, 2.75) is 39.2 Å². The van der Waals surface area contributed by atoms with E-state index < -0.39 is 0 Å². The summed E-state index contributed by atoms with van der Waals surface area (Å²) in [4.78, 5) is 10.8. The highest BCUT2D eigenvalue weighted by Gasteiger charge is 2.31. The fraction of sp³-hybridized carbons (Fsp3) is 0.571. The van der Waals surface area contributed by atoms with E-state index >= 15 is 0 Å². The molecule has 0 bridgehead atoms. The summed E-state index contributed by atoms with van der Waals surface area (Å²) in [6.45, 7) is 4.89. The van der Waals surface area contributed by atoms with E-state index in [0.717, 1.165) is 24.1 Å². The zero-order valence-electron chi connectivity index (χ0n) is 11.0. The van der Waals surface area contributed by atoms with Crippen molar-refractivity contribution in [2.24, 2.45) is 5.92 Å². The average molecular weight is 248 g/mol. The van der Waals surface area contributed by atoms with Gasteiger partial charge in [-0.15, -0.1) is 0 Å². The number of aryl methyl sites for hydroxylation is 1. The van der Waals surface area contributed by atoms with Gasteiger partial charge in [0.2, 0.25) is 0 Å². The molecule has 0 radical (unpaired) electrons. The van der Waals surface area contributed by atoms with E-state index in [0.29, 0.717) is 12.0 Å². The van der Waals surface area contributed by atoms with Crippen LogP contribution in [0.1, 0.15) is 30.9 Å². The van der Waals surface area contributed by atoms with Gasteiger partial charge in [-0.25, -0.2) is 0 Å². The van der Waals surface area contributed by atoms with Gasteiger partial charge < -0.3 is 5.32 Å². The lowest BCUT2D eigenvalue weighted by molar-refractivity contribution is -0.385. The molecule has 0 aromatic heterocycles. The second kappa shape index (κ2) is 5.48. The Balaban J connectivity index is 2.18. The van der Waals surface area contributed by atoms with Crippen LogP contribution >= 0.6 is 0 Å². The maximum Gasteiger partial charge on any atom is 0.272 e. The highest BCUT2D eigenvalue weighted by molar-refractivity contribution is 5.43. The minimum atomic E-state index is -0.266. The van der Waals surface area contributed by atoms with Crippen molar-refractivity contribution < 1.29 is 4.92 Å². The molecule has 4 nitrogen and oxygen atoms in total. The van der Waals surface area contributed by atoms with E-state index in [1.54, 1.807) is 6.07 Å². The number of nitrogens with one attached hydrogen (secondary N) is 1. The van der Waals surface area contributed by atoms with Gasteiger partial charge in [-0.1, -0.05) is 19.1 Å². The van der Waals surface area contributed by atoms with Gasteiger partial charge in [-0.2, -0.15) is 0 Å². The average Bonchev–Trinajstić information content (AvgIpc) is 3.14. The Labute approximate surface area is 108 Å². The van der Waals surface area contributed by atoms with E-state index in [9.17, 15) is 10.1 Å². The lowest BCUT2D eigenvalue weighted by Gasteiger charge is -2.17. The van der Waals surface area contributed by atoms with Crippen LogP contribution in [-0.2, 0) is 6.42 Å². The zero-order valence-corrected chi connectivity index (χ0v) is 11.0. The van der Waals surface area contributed by atoms with Gasteiger partial charge in [0.1, 0.15) is 0 Å². The molecule has 0 aliphatic heterocycles. The first-order chi connectivity index (χ1) is 8.61. The van der Waals surface area contributed by atoms with Gasteiger partial charge in [0, 0.05) is 17.7 Å². The van der Waals surface area contributed by atoms with Crippen LogP contribution in [0.25, 0.3) is 0 Å². The molecule has 1 aromatic carbocycles. The molecule has 0 saturated heterocycles. The van der Waals surface area contributed by atoms with E-state index in [1.807, 2.05) is 19.1 Å². The molecule has 18 heavy (non-hydrogen) atoms. The van der Waals surface area contributed by atoms with Crippen molar-refractivity contribution in [1.82, 2.24) is 5.32 Å². The monoisotopic (exact) mass is 248 g/mol. The predicted molar refractivity (Wildman–Crippen MR) is 71.7 cm³/mol. The fourth-order valence-electron chi connectivity index (χ4n) is 2.42. The predicted octanol–water partition coefficient (Wildman–Crippen LogP) is 2.83. The van der Waals surface area contributed by atoms with Gasteiger partial charge in [0.25, 0.3) is 5.69 Å². The first kappa shape index (κ1) is 13.0. The van der Waals surface area contributed by atoms with Crippen molar-refractivity contribution in [3.63, 3.8) is 0 Å². The second-order valence-corrected chi connectivity index (χ2v) is 5.10. The lowest BCUT2D eigenvalue weighted by atomic mass is 9.99. The number of nitro groups is 1. The van der Waals surface area contributed by atoms with Crippen LogP contribution in [-0.4, -0.2) is 17.5 Å². The number of hydrogen-bond acceptors (Lipinski definition) is 3. The smallest absolute Gasteiger partial charge is 0.272 e. The first-order valence-corrected chi connectivity index (χ1v) is 6.59. The number of rotatable bonds is 6. The lowest BCUT2D eigenvalue weighted by Crippen LogP contribution is -2.33. The maximum absolute atomic E-state index is 11.1. The van der Waals surface area contributed by atoms with Crippen LogP contribution < -0.4 is 5.32 Å². The quantitative estimate of drug-likeness (QED) is 0.622. The zero-order chi connectivity index (χ0) is 13.1. The van der Waals surface area contributed by atoms with Gasteiger partial charge in [-0.3, -0.25) is 10.1 Å². The molecule has 1 atom stereocenters. The molecular weight excluding hydrogens is 228 g/mol. The molecule has 98 valence electrons. The van der Waals surface area contributed by atoms with Crippen molar-refractivity contribution >= 4 is 5.69 Å². The molecule has 1 saturated carbocycles. The summed E-state index contributed by atoms with van der Waals surface area (Å²) in [6.07, 6.45) is 3.25. The summed E-state index contributed by atoms with van der Waals surface area (Å²) in [7, 11) is 0. The molecular formula is C14H20N2O2. The highest BCUT2D eigenvalue weighted by Crippen LogP contribution is 2.35. The van der Waals surface area contributed by atoms with Crippen LogP contribution in [0.5, 0.6) is 0 Å². The van der Waals surface area contributed by atoms with Gasteiger partial charge in [0.05, 0.1) is 4.92 Å². The number of benzene rings is 1. The number of hydrogen-bond donors (Lipinski definition) is 1. The third kappa shape index (κ3) is 3.07. The Morgan fingerprint density at radius 1 is 1.50 bits per heavy atom. The molecule has 0 heterocycles. The molecule has 1 aliphatic carbocycles. The molecule has 1 fully saturated rings. The molecule has 1 N–H and O–H groups in total. The third-order valence-electron chi connectivity index (χ3n) is 3.53. The number of nitrogens with zero attached hydrogens (tertiary/aromatic N) is 1. The topological polar surface area (TPSA) is 55.2 Å². The minimum absolute atomic E-state index is 0.263. The summed E-state index contributed by atoms with van der Waals surface area (Å²) < 4.78 is 0. The fourth-order valence-corrected chi connectivity index (χ4v) is 2.42. The van der Waals surface area contributed by atoms with Crippen molar-refractivity contribution in [3.8, 4) is 0 Å². The molecule has 0 spiro atoms. The van der Waals surface area contributed by atoms with Crippen LogP contribution in [0, 0.1) is 23.0 Å². The van der Waals surface area contributed by atoms with E-state index in [-0.39, 0.29) is 10.6 Å². The van der Waals surface area contributed by atoms with Crippen molar-refractivity contribution in [3.05, 3.63) is 39.4 Å². The summed E-state index contributed by atoms with van der Waals surface area (Å²) in [5, 5.41) is 14.5. The van der Waals surface area contributed by atoms with Gasteiger partial charge in [0.15, 0.2) is 0 Å². The molecule has 1 unspecified atom stereocenters. The molecule has 0 amide bonds. The second-order valence-electron chi connectivity index (χ2n) is 5.10. The summed E-state index contributed by atoms with van der Waals surface area (Å²) >= 11 is 0. The molecule has 4 heteroatoms. The van der Waals surface area contributed by atoms with Crippen LogP contribution in [0.3, 0.4) is 0 Å². The summed E-state index contributed by atoms with van der Waals surface area (Å²) in [5.74, 6) is 0.700. The molecule has 1 aliphatic rings. The SMILES string of the molecule is CCNC(Cc1ccc(C)cc1[N+](=O)[O-])C1CC1. The van der Waals surface area contributed by atoms with Crippen LogP contribution in [0.2, 0.25) is 0 Å². The van der Waals surface area contributed by atoms with Crippen molar-refractivity contribution in [2.75, 3.05) is 6.54 Å². The molecule has 2 rings (SSSR count). The Bertz CT molecular complexity index is 441. The Hall–Kier alpha value is -1.42. The number of nitro benzene ring substituents is 1. The maximum atomic E-state index is 11.1. The summed E-state index contributed by atoms with van der Waals surface area (Å²) in [6, 6.07) is 5.92. The normalized spacial score (nSPS) is 16.6. The van der Waals surface area contributed by atoms with E-state index in [1.165, 1.54) is 12.8 Å². The standard InChI is InChI=1S/C14H20N2O2/c1-3-15-13(11-6-7-11)9-12-5-4-10(2)8-14(12)16(17)18/h4-5,8,11,13,15H,3,6-7,9H2,1-2H3. The molecule has 1 aromatic rings. The number of likely N-dealkylation sites (N-methyl/N-ethyl adjacent to an activating group) is 1. The first-order valence-electron chi connectivity index (χ1n) is 6.59. The third-order valence-corrected chi connectivity index (χ3v) is 3.53. The Morgan fingerprint density at radius 2 is 2.22 bits per heavy atom. The minimum Gasteiger partial charge on any atom is -0.314 e. The Kier molecular flexibility index (Phi) is 3.97. The van der Waals surface area contributed by atoms with Crippen molar-refractivity contribution in [1.29, 1.82) is 0 Å². The van der Waals surface area contributed by atoms with E-state index in [4.69, 9.17) is 0 Å². The van der Waals surface area contributed by atoms with Crippen LogP contribution in [0.4, 0.5) is 5.69 Å². The van der Waals surface area contributed by atoms with Crippen LogP contribution in [0.15, 0.2) is 18.2 Å². The largest absolute Gasteiger partial charge is 0.314 e. The van der Waals surface area contributed by atoms with Gasteiger partial charge in [-0.05, 0) is 44.2 Å². The Morgan fingerprint density at radius 3 is 2.78 bits per heavy atom.